The van der Waals surface area contributed by atoms with E-state index >= 15 is 0 Å². The standard InChI is InChI=1S/C6H14ClNO2S/c1-6(2)3-4-8-11(9,10)5-7/h6,8H,3-5H2,1-2H3. The first kappa shape index (κ1) is 11.2. The molecule has 0 aromatic heterocycles. The van der Waals surface area contributed by atoms with Gasteiger partial charge in [-0.2, -0.15) is 0 Å². The average Bonchev–Trinajstić information content (AvgIpc) is 1.87. The molecule has 0 rings (SSSR count). The molecule has 0 aromatic rings. The zero-order chi connectivity index (χ0) is 8.91. The van der Waals surface area contributed by atoms with Crippen molar-refractivity contribution >= 4 is 21.6 Å². The van der Waals surface area contributed by atoms with Crippen LogP contribution in [0.3, 0.4) is 0 Å². The Morgan fingerprint density at radius 1 is 1.45 bits per heavy atom. The highest BCUT2D eigenvalue weighted by molar-refractivity contribution is 7.90. The van der Waals surface area contributed by atoms with Crippen LogP contribution in [0.1, 0.15) is 20.3 Å². The Labute approximate surface area is 73.2 Å². The van der Waals surface area contributed by atoms with Crippen molar-refractivity contribution in [3.05, 3.63) is 0 Å². The molecule has 0 unspecified atom stereocenters. The number of nitrogens with one attached hydrogen (secondary N) is 1. The summed E-state index contributed by atoms with van der Waals surface area (Å²) >= 11 is 5.16. The minimum absolute atomic E-state index is 0.356. The molecule has 1 N–H and O–H groups in total. The molecule has 68 valence electrons. The van der Waals surface area contributed by atoms with Crippen LogP contribution in [0.2, 0.25) is 0 Å². The number of halogens is 1. The Bertz CT molecular complexity index is 189. The molecule has 0 spiro atoms. The maximum absolute atomic E-state index is 10.7. The highest BCUT2D eigenvalue weighted by atomic mass is 35.5. The summed E-state index contributed by atoms with van der Waals surface area (Å²) in [6.07, 6.45) is 0.843. The van der Waals surface area contributed by atoms with Gasteiger partial charge in [0.2, 0.25) is 10.0 Å². The maximum Gasteiger partial charge on any atom is 0.225 e. The lowest BCUT2D eigenvalue weighted by molar-refractivity contribution is 0.554. The summed E-state index contributed by atoms with van der Waals surface area (Å²) < 4.78 is 23.9. The van der Waals surface area contributed by atoms with Crippen molar-refractivity contribution in [1.82, 2.24) is 4.72 Å². The quantitative estimate of drug-likeness (QED) is 0.676. The van der Waals surface area contributed by atoms with Gasteiger partial charge in [-0.05, 0) is 12.3 Å². The SMILES string of the molecule is CC(C)CCNS(=O)(=O)CCl. The van der Waals surface area contributed by atoms with Crippen molar-refractivity contribution in [2.24, 2.45) is 5.92 Å². The molecule has 0 saturated carbocycles. The van der Waals surface area contributed by atoms with E-state index in [2.05, 4.69) is 4.72 Å². The monoisotopic (exact) mass is 199 g/mol. The van der Waals surface area contributed by atoms with Crippen LogP contribution in [-0.2, 0) is 10.0 Å². The zero-order valence-electron chi connectivity index (χ0n) is 6.80. The molecule has 0 radical (unpaired) electrons. The van der Waals surface area contributed by atoms with Gasteiger partial charge < -0.3 is 0 Å². The van der Waals surface area contributed by atoms with Crippen LogP contribution < -0.4 is 4.72 Å². The van der Waals surface area contributed by atoms with Crippen molar-refractivity contribution in [2.75, 3.05) is 11.8 Å². The number of hydrogen-bond acceptors (Lipinski definition) is 2. The van der Waals surface area contributed by atoms with Crippen LogP contribution in [0, 0.1) is 5.92 Å². The molecule has 5 heteroatoms. The molecule has 0 saturated heterocycles. The predicted octanol–water partition coefficient (Wildman–Crippen LogP) is 1.15. The van der Waals surface area contributed by atoms with Crippen molar-refractivity contribution in [3.63, 3.8) is 0 Å². The van der Waals surface area contributed by atoms with E-state index in [0.717, 1.165) is 6.42 Å². The molecule has 0 atom stereocenters. The molecule has 0 aliphatic carbocycles. The lowest BCUT2D eigenvalue weighted by Crippen LogP contribution is -2.26. The average molecular weight is 200 g/mol. The second kappa shape index (κ2) is 4.95. The van der Waals surface area contributed by atoms with E-state index < -0.39 is 10.0 Å². The van der Waals surface area contributed by atoms with Gasteiger partial charge in [0.05, 0.1) is 0 Å². The van der Waals surface area contributed by atoms with Gasteiger partial charge in [-0.3, -0.25) is 0 Å². The first-order valence-corrected chi connectivity index (χ1v) is 5.70. The Balaban J connectivity index is 3.55. The van der Waals surface area contributed by atoms with Gasteiger partial charge in [0, 0.05) is 6.54 Å². The van der Waals surface area contributed by atoms with Gasteiger partial charge in [0.1, 0.15) is 5.21 Å². The first-order chi connectivity index (χ1) is 4.98. The summed E-state index contributed by atoms with van der Waals surface area (Å²) in [5, 5.41) is -0.356. The van der Waals surface area contributed by atoms with Gasteiger partial charge >= 0.3 is 0 Å². The number of rotatable bonds is 5. The summed E-state index contributed by atoms with van der Waals surface area (Å²) in [4.78, 5) is 0. The van der Waals surface area contributed by atoms with E-state index in [1.807, 2.05) is 13.8 Å². The van der Waals surface area contributed by atoms with Gasteiger partial charge in [-0.25, -0.2) is 13.1 Å². The van der Waals surface area contributed by atoms with E-state index in [1.165, 1.54) is 0 Å². The van der Waals surface area contributed by atoms with E-state index in [-0.39, 0.29) is 5.21 Å². The Morgan fingerprint density at radius 2 is 2.00 bits per heavy atom. The topological polar surface area (TPSA) is 46.2 Å². The Kier molecular flexibility index (Phi) is 5.04. The van der Waals surface area contributed by atoms with Crippen LogP contribution in [0.15, 0.2) is 0 Å². The van der Waals surface area contributed by atoms with E-state index in [0.29, 0.717) is 12.5 Å². The molecule has 3 nitrogen and oxygen atoms in total. The molecule has 0 bridgehead atoms. The second-order valence-electron chi connectivity index (χ2n) is 2.80. The molecule has 0 fully saturated rings. The maximum atomic E-state index is 10.7. The first-order valence-electron chi connectivity index (χ1n) is 3.51. The second-order valence-corrected chi connectivity index (χ2v) is 5.19. The fourth-order valence-corrected chi connectivity index (χ4v) is 1.28. The van der Waals surface area contributed by atoms with Crippen molar-refractivity contribution in [3.8, 4) is 0 Å². The van der Waals surface area contributed by atoms with Crippen LogP contribution in [-0.4, -0.2) is 20.2 Å². The van der Waals surface area contributed by atoms with Crippen molar-refractivity contribution in [2.45, 2.75) is 20.3 Å². The van der Waals surface area contributed by atoms with E-state index in [1.54, 1.807) is 0 Å². The van der Waals surface area contributed by atoms with Crippen molar-refractivity contribution < 1.29 is 8.42 Å². The molecule has 0 aliphatic rings. The summed E-state index contributed by atoms with van der Waals surface area (Å²) in [5.41, 5.74) is 0. The Hall–Kier alpha value is 0.200. The predicted molar refractivity (Wildman–Crippen MR) is 47.1 cm³/mol. The molecule has 0 aromatic carbocycles. The zero-order valence-corrected chi connectivity index (χ0v) is 8.37. The fourth-order valence-electron chi connectivity index (χ4n) is 0.542. The van der Waals surface area contributed by atoms with E-state index in [4.69, 9.17) is 11.6 Å². The smallest absolute Gasteiger partial charge is 0.214 e. The third kappa shape index (κ3) is 6.59. The van der Waals surface area contributed by atoms with Crippen LogP contribution in [0.25, 0.3) is 0 Å². The molecule has 0 aliphatic heterocycles. The van der Waals surface area contributed by atoms with Gasteiger partial charge in [0.25, 0.3) is 0 Å². The molecular weight excluding hydrogens is 186 g/mol. The number of hydrogen-bond donors (Lipinski definition) is 1. The van der Waals surface area contributed by atoms with E-state index in [9.17, 15) is 8.42 Å². The van der Waals surface area contributed by atoms with Crippen molar-refractivity contribution in [1.29, 1.82) is 0 Å². The molecule has 11 heavy (non-hydrogen) atoms. The molecule has 0 heterocycles. The van der Waals surface area contributed by atoms with Gasteiger partial charge in [-0.15, -0.1) is 11.6 Å². The number of alkyl halides is 1. The number of sulfonamides is 1. The largest absolute Gasteiger partial charge is 0.225 e. The minimum atomic E-state index is -3.20. The van der Waals surface area contributed by atoms with Gasteiger partial charge in [-0.1, -0.05) is 13.8 Å². The summed E-state index contributed by atoms with van der Waals surface area (Å²) in [7, 11) is -3.20. The van der Waals surface area contributed by atoms with Crippen LogP contribution in [0.4, 0.5) is 0 Å². The molecular formula is C6H14ClNO2S. The van der Waals surface area contributed by atoms with Gasteiger partial charge in [0.15, 0.2) is 0 Å². The summed E-state index contributed by atoms with van der Waals surface area (Å²) in [6.45, 7) is 4.55. The highest BCUT2D eigenvalue weighted by Gasteiger charge is 2.06. The molecule has 0 amide bonds. The third-order valence-corrected chi connectivity index (χ3v) is 2.98. The highest BCUT2D eigenvalue weighted by Crippen LogP contribution is 1.97. The Morgan fingerprint density at radius 3 is 2.36 bits per heavy atom. The third-order valence-electron chi connectivity index (χ3n) is 1.19. The van der Waals surface area contributed by atoms with Crippen LogP contribution >= 0.6 is 11.6 Å². The van der Waals surface area contributed by atoms with Crippen LogP contribution in [0.5, 0.6) is 0 Å². The minimum Gasteiger partial charge on any atom is -0.214 e. The summed E-state index contributed by atoms with van der Waals surface area (Å²) in [5.74, 6) is 0.507. The summed E-state index contributed by atoms with van der Waals surface area (Å²) in [6, 6.07) is 0. The fraction of sp³-hybridized carbons (Fsp3) is 1.00. The lowest BCUT2D eigenvalue weighted by Gasteiger charge is -2.05. The lowest BCUT2D eigenvalue weighted by atomic mass is 10.1. The normalized spacial score (nSPS) is 12.4.